The minimum absolute atomic E-state index is 0.101. The monoisotopic (exact) mass is 339 g/mol. The van der Waals surface area contributed by atoms with Gasteiger partial charge in [0, 0.05) is 0 Å². The second-order valence-electron chi connectivity index (χ2n) is 7.18. The zero-order valence-electron chi connectivity index (χ0n) is 15.2. The normalized spacial score (nSPS) is 13.4. The molecule has 1 atom stereocenters. The van der Waals surface area contributed by atoms with E-state index in [0.717, 1.165) is 11.3 Å². The Hall–Kier alpha value is -1.53. The largest absolute Gasteiger partial charge is 0.541 e. The highest BCUT2D eigenvalue weighted by molar-refractivity contribution is 6.74. The van der Waals surface area contributed by atoms with Crippen LogP contribution in [0.25, 0.3) is 0 Å². The number of carbonyl (C=O) groups is 1. The van der Waals surface area contributed by atoms with Crippen LogP contribution in [0, 0.1) is 0 Å². The highest BCUT2D eigenvalue weighted by atomic mass is 28.4. The Morgan fingerprint density at radius 3 is 2.30 bits per heavy atom. The zero-order valence-corrected chi connectivity index (χ0v) is 16.2. The molecule has 0 saturated heterocycles. The first-order chi connectivity index (χ1) is 10.5. The zero-order chi connectivity index (χ0) is 17.8. The van der Waals surface area contributed by atoms with Gasteiger partial charge in [-0.3, -0.25) is 4.79 Å². The number of nitrogens with two attached hydrogens (primary N) is 1. The summed E-state index contributed by atoms with van der Waals surface area (Å²) >= 11 is 0. The molecule has 0 spiro atoms. The summed E-state index contributed by atoms with van der Waals surface area (Å²) in [5, 5.41) is 0.101. The first-order valence-electron chi connectivity index (χ1n) is 7.71. The fraction of sp³-hybridized carbons (Fsp3) is 0.588. The highest BCUT2D eigenvalue weighted by Crippen LogP contribution is 2.40. The van der Waals surface area contributed by atoms with Gasteiger partial charge in [0.05, 0.1) is 14.2 Å². The van der Waals surface area contributed by atoms with Crippen LogP contribution < -0.4 is 14.9 Å². The van der Waals surface area contributed by atoms with Crippen molar-refractivity contribution >= 4 is 14.3 Å². The summed E-state index contributed by atoms with van der Waals surface area (Å²) in [7, 11) is 0.996. The molecule has 0 aliphatic rings. The number of esters is 1. The molecule has 0 aliphatic heterocycles. The summed E-state index contributed by atoms with van der Waals surface area (Å²) in [5.74, 6) is 0.962. The quantitative estimate of drug-likeness (QED) is 0.637. The van der Waals surface area contributed by atoms with Gasteiger partial charge in [-0.2, -0.15) is 0 Å². The molecular formula is C17H29NO4Si. The van der Waals surface area contributed by atoms with Crippen LogP contribution in [0.15, 0.2) is 18.2 Å². The minimum Gasteiger partial charge on any atom is -0.541 e. The lowest BCUT2D eigenvalue weighted by Crippen LogP contribution is -2.43. The van der Waals surface area contributed by atoms with Gasteiger partial charge in [0.1, 0.15) is 11.8 Å². The van der Waals surface area contributed by atoms with E-state index < -0.39 is 20.3 Å². The van der Waals surface area contributed by atoms with Crippen LogP contribution in [0.1, 0.15) is 26.3 Å². The fourth-order valence-electron chi connectivity index (χ4n) is 1.84. The molecule has 1 rings (SSSR count). The van der Waals surface area contributed by atoms with Gasteiger partial charge in [-0.05, 0) is 42.2 Å². The van der Waals surface area contributed by atoms with E-state index in [0.29, 0.717) is 12.2 Å². The Balaban J connectivity index is 2.99. The number of ether oxygens (including phenoxy) is 2. The standard InChI is InChI=1S/C17H29NO4Si/c1-17(2,3)23(6,7)22-14-9-8-12(11-15(14)20-4)10-13(18)16(19)21-5/h8-9,11,13H,10,18H2,1-7H3. The number of methoxy groups -OCH3 is 2. The second-order valence-corrected chi connectivity index (χ2v) is 11.9. The molecule has 0 aromatic heterocycles. The van der Waals surface area contributed by atoms with Crippen LogP contribution in [-0.4, -0.2) is 34.5 Å². The predicted octanol–water partition coefficient (Wildman–Crippen LogP) is 3.12. The molecule has 0 bridgehead atoms. The number of carbonyl (C=O) groups excluding carboxylic acids is 1. The van der Waals surface area contributed by atoms with Crippen molar-refractivity contribution in [2.24, 2.45) is 5.73 Å². The molecular weight excluding hydrogens is 310 g/mol. The summed E-state index contributed by atoms with van der Waals surface area (Å²) in [5.41, 5.74) is 6.71. The van der Waals surface area contributed by atoms with Crippen molar-refractivity contribution in [2.45, 2.75) is 51.4 Å². The minimum atomic E-state index is -1.95. The van der Waals surface area contributed by atoms with Gasteiger partial charge in [-0.25, -0.2) is 0 Å². The van der Waals surface area contributed by atoms with Crippen molar-refractivity contribution in [3.63, 3.8) is 0 Å². The number of hydrogen-bond donors (Lipinski definition) is 1. The van der Waals surface area contributed by atoms with Crippen LogP contribution in [-0.2, 0) is 16.0 Å². The molecule has 0 fully saturated rings. The maximum atomic E-state index is 11.4. The summed E-state index contributed by atoms with van der Waals surface area (Å²) in [6.07, 6.45) is 0.392. The van der Waals surface area contributed by atoms with Gasteiger partial charge in [-0.15, -0.1) is 0 Å². The van der Waals surface area contributed by atoms with Crippen LogP contribution in [0.4, 0.5) is 0 Å². The maximum Gasteiger partial charge on any atom is 0.322 e. The summed E-state index contributed by atoms with van der Waals surface area (Å²) < 4.78 is 16.4. The van der Waals surface area contributed by atoms with Crippen LogP contribution in [0.5, 0.6) is 11.5 Å². The van der Waals surface area contributed by atoms with E-state index >= 15 is 0 Å². The smallest absolute Gasteiger partial charge is 0.322 e. The van der Waals surface area contributed by atoms with Gasteiger partial charge < -0.3 is 19.6 Å². The number of hydrogen-bond acceptors (Lipinski definition) is 5. The lowest BCUT2D eigenvalue weighted by atomic mass is 10.1. The van der Waals surface area contributed by atoms with Crippen molar-refractivity contribution in [1.29, 1.82) is 0 Å². The third-order valence-corrected chi connectivity index (χ3v) is 8.70. The summed E-state index contributed by atoms with van der Waals surface area (Å²) in [4.78, 5) is 11.4. The second kappa shape index (κ2) is 7.36. The lowest BCUT2D eigenvalue weighted by molar-refractivity contribution is -0.142. The van der Waals surface area contributed by atoms with Crippen LogP contribution in [0.2, 0.25) is 18.1 Å². The van der Waals surface area contributed by atoms with Crippen molar-refractivity contribution in [3.05, 3.63) is 23.8 Å². The number of rotatable bonds is 6. The molecule has 130 valence electrons. The van der Waals surface area contributed by atoms with Gasteiger partial charge in [0.25, 0.3) is 8.32 Å². The molecule has 2 N–H and O–H groups in total. The van der Waals surface area contributed by atoms with Crippen molar-refractivity contribution < 1.29 is 18.7 Å². The van der Waals surface area contributed by atoms with E-state index in [4.69, 9.17) is 14.9 Å². The Morgan fingerprint density at radius 2 is 1.83 bits per heavy atom. The molecule has 5 nitrogen and oxygen atoms in total. The molecule has 0 amide bonds. The van der Waals surface area contributed by atoms with Crippen LogP contribution >= 0.6 is 0 Å². The van der Waals surface area contributed by atoms with E-state index in [2.05, 4.69) is 38.6 Å². The van der Waals surface area contributed by atoms with Crippen molar-refractivity contribution in [1.82, 2.24) is 0 Å². The number of benzene rings is 1. The molecule has 0 saturated carbocycles. The predicted molar refractivity (Wildman–Crippen MR) is 94.5 cm³/mol. The highest BCUT2D eigenvalue weighted by Gasteiger charge is 2.39. The van der Waals surface area contributed by atoms with E-state index in [1.807, 2.05) is 18.2 Å². The molecule has 0 aliphatic carbocycles. The van der Waals surface area contributed by atoms with Gasteiger partial charge in [0.2, 0.25) is 0 Å². The lowest BCUT2D eigenvalue weighted by Gasteiger charge is -2.36. The average molecular weight is 340 g/mol. The topological polar surface area (TPSA) is 70.8 Å². The van der Waals surface area contributed by atoms with E-state index in [9.17, 15) is 4.79 Å². The molecule has 0 heterocycles. The van der Waals surface area contributed by atoms with Crippen molar-refractivity contribution in [2.75, 3.05) is 14.2 Å². The van der Waals surface area contributed by atoms with Crippen LogP contribution in [0.3, 0.4) is 0 Å². The van der Waals surface area contributed by atoms with Crippen molar-refractivity contribution in [3.8, 4) is 11.5 Å². The first kappa shape index (κ1) is 19.5. The maximum absolute atomic E-state index is 11.4. The third kappa shape index (κ3) is 4.97. The first-order valence-corrected chi connectivity index (χ1v) is 10.6. The Morgan fingerprint density at radius 1 is 1.22 bits per heavy atom. The molecule has 23 heavy (non-hydrogen) atoms. The SMILES string of the molecule is COC(=O)C(N)Cc1ccc(O[Si](C)(C)C(C)(C)C)c(OC)c1. The third-order valence-electron chi connectivity index (χ3n) is 4.36. The molecule has 1 aromatic rings. The van der Waals surface area contributed by atoms with E-state index in [-0.39, 0.29) is 5.04 Å². The van der Waals surface area contributed by atoms with Gasteiger partial charge >= 0.3 is 5.97 Å². The Labute approximate surface area is 140 Å². The van der Waals surface area contributed by atoms with E-state index in [1.165, 1.54) is 7.11 Å². The summed E-state index contributed by atoms with van der Waals surface area (Å²) in [6, 6.07) is 4.98. The molecule has 0 radical (unpaired) electrons. The Kier molecular flexibility index (Phi) is 6.24. The fourth-order valence-corrected chi connectivity index (χ4v) is 2.86. The molecule has 1 unspecified atom stereocenters. The molecule has 6 heteroatoms. The Bertz CT molecular complexity index is 552. The van der Waals surface area contributed by atoms with Gasteiger partial charge in [-0.1, -0.05) is 26.8 Å². The summed E-state index contributed by atoms with van der Waals surface area (Å²) in [6.45, 7) is 10.9. The average Bonchev–Trinajstić information content (AvgIpc) is 2.46. The van der Waals surface area contributed by atoms with Gasteiger partial charge in [0.15, 0.2) is 5.75 Å². The van der Waals surface area contributed by atoms with E-state index in [1.54, 1.807) is 7.11 Å². The molecule has 1 aromatic carbocycles.